The van der Waals surface area contributed by atoms with Crippen molar-refractivity contribution in [3.05, 3.63) is 46.6 Å². The van der Waals surface area contributed by atoms with Crippen molar-refractivity contribution < 1.29 is 27.1 Å². The van der Waals surface area contributed by atoms with Gasteiger partial charge in [-0.05, 0) is 48.8 Å². The zero-order chi connectivity index (χ0) is 28.8. The number of rotatable bonds is 7. The third kappa shape index (κ3) is 5.89. The summed E-state index contributed by atoms with van der Waals surface area (Å²) < 4.78 is 54.3. The van der Waals surface area contributed by atoms with E-state index in [-0.39, 0.29) is 34.1 Å². The van der Waals surface area contributed by atoms with E-state index in [0.29, 0.717) is 43.6 Å². The minimum Gasteiger partial charge on any atom is -0.411 e. The highest BCUT2D eigenvalue weighted by atomic mass is 28.4. The van der Waals surface area contributed by atoms with Crippen molar-refractivity contribution in [3.8, 4) is 0 Å². The zero-order valence-corrected chi connectivity index (χ0v) is 24.1. The number of halogens is 3. The first kappa shape index (κ1) is 28.8. The Bertz CT molecular complexity index is 1380. The summed E-state index contributed by atoms with van der Waals surface area (Å²) >= 11 is 0. The van der Waals surface area contributed by atoms with Gasteiger partial charge in [0.1, 0.15) is 5.69 Å². The first-order chi connectivity index (χ1) is 18.1. The lowest BCUT2D eigenvalue weighted by atomic mass is 10.1. The molecule has 3 aromatic rings. The number of aromatic nitrogens is 3. The number of fused-ring (bicyclic) bond motifs is 1. The maximum Gasteiger partial charge on any atom is 0.416 e. The van der Waals surface area contributed by atoms with Crippen LogP contribution in [-0.2, 0) is 21.9 Å². The second kappa shape index (κ2) is 10.4. The number of imidazole rings is 1. The van der Waals surface area contributed by atoms with Crippen molar-refractivity contribution >= 4 is 37.2 Å². The van der Waals surface area contributed by atoms with Crippen LogP contribution in [0.3, 0.4) is 0 Å². The third-order valence-electron chi connectivity index (χ3n) is 7.51. The van der Waals surface area contributed by atoms with Gasteiger partial charge in [-0.25, -0.2) is 4.98 Å². The maximum atomic E-state index is 13.7. The number of hydrogen-bond donors (Lipinski definition) is 2. The molecule has 0 bridgehead atoms. The van der Waals surface area contributed by atoms with E-state index in [1.165, 1.54) is 17.5 Å². The number of nitrogens with one attached hydrogen (secondary N) is 1. The van der Waals surface area contributed by atoms with E-state index in [2.05, 4.69) is 44.2 Å². The molecule has 1 saturated heterocycles. The van der Waals surface area contributed by atoms with Gasteiger partial charge in [-0.15, -0.1) is 5.10 Å². The van der Waals surface area contributed by atoms with E-state index in [1.54, 1.807) is 12.1 Å². The molecule has 9 nitrogen and oxygen atoms in total. The molecule has 3 N–H and O–H groups in total. The molecule has 39 heavy (non-hydrogen) atoms. The van der Waals surface area contributed by atoms with E-state index in [0.717, 1.165) is 6.07 Å². The molecular formula is C26H35F3N6O3Si. The fourth-order valence-electron chi connectivity index (χ4n) is 4.08. The monoisotopic (exact) mass is 564 g/mol. The highest BCUT2D eigenvalue weighted by Gasteiger charge is 2.38. The fourth-order valence-corrected chi connectivity index (χ4v) is 5.01. The predicted octanol–water partition coefficient (Wildman–Crippen LogP) is 5.26. The van der Waals surface area contributed by atoms with Gasteiger partial charge in [-0.2, -0.15) is 17.7 Å². The Morgan fingerprint density at radius 3 is 2.46 bits per heavy atom. The predicted molar refractivity (Wildman–Crippen MR) is 146 cm³/mol. The Morgan fingerprint density at radius 1 is 1.21 bits per heavy atom. The number of carbonyl (C=O) groups excluding carboxylic acids is 1. The van der Waals surface area contributed by atoms with Crippen molar-refractivity contribution in [2.45, 2.75) is 58.6 Å². The van der Waals surface area contributed by atoms with Gasteiger partial charge in [0, 0.05) is 18.8 Å². The van der Waals surface area contributed by atoms with Crippen LogP contribution in [0.5, 0.6) is 0 Å². The van der Waals surface area contributed by atoms with Gasteiger partial charge in [0.05, 0.1) is 30.9 Å². The molecule has 0 spiro atoms. The van der Waals surface area contributed by atoms with Gasteiger partial charge in [-0.1, -0.05) is 26.8 Å². The Kier molecular flexibility index (Phi) is 7.71. The number of amides is 1. The molecular weight excluding hydrogens is 529 g/mol. The molecule has 2 aromatic heterocycles. The summed E-state index contributed by atoms with van der Waals surface area (Å²) in [6.07, 6.45) is -4.52. The van der Waals surface area contributed by atoms with Crippen molar-refractivity contribution in [2.75, 3.05) is 36.5 Å². The second-order valence-corrected chi connectivity index (χ2v) is 16.0. The number of ether oxygens (including phenoxy) is 1. The summed E-state index contributed by atoms with van der Waals surface area (Å²) in [5.41, 5.74) is 6.01. The van der Waals surface area contributed by atoms with Crippen LogP contribution in [-0.4, -0.2) is 55.1 Å². The van der Waals surface area contributed by atoms with E-state index in [1.807, 2.05) is 4.90 Å². The lowest BCUT2D eigenvalue weighted by molar-refractivity contribution is -0.138. The van der Waals surface area contributed by atoms with Crippen LogP contribution in [0, 0.1) is 6.92 Å². The average molecular weight is 565 g/mol. The van der Waals surface area contributed by atoms with E-state index in [4.69, 9.17) is 20.0 Å². The van der Waals surface area contributed by atoms with E-state index < -0.39 is 26.0 Å². The molecule has 0 atom stereocenters. The standard InChI is InChI=1S/C26H35F3N6O3Si/c1-16-18(26(27,28)29)8-7-9-19(16)31-24-20(15-38-39(5,6)25(2,3)4)32-23-17(22(30)36)14-21(33-35(23)24)34-10-12-37-13-11-34/h7-9,14,31H,10-13,15H2,1-6H3,(H2,30,36). The zero-order valence-electron chi connectivity index (χ0n) is 23.1. The van der Waals surface area contributed by atoms with Crippen LogP contribution >= 0.6 is 0 Å². The van der Waals surface area contributed by atoms with Gasteiger partial charge in [0.25, 0.3) is 5.91 Å². The number of anilines is 3. The molecule has 1 aromatic carbocycles. The second-order valence-electron chi connectivity index (χ2n) is 11.2. The first-order valence-electron chi connectivity index (χ1n) is 12.7. The Morgan fingerprint density at radius 2 is 1.87 bits per heavy atom. The third-order valence-corrected chi connectivity index (χ3v) is 12.0. The number of hydrogen-bond acceptors (Lipinski definition) is 7. The SMILES string of the molecule is Cc1c(Nc2c(CO[Si](C)(C)C(C)(C)C)nc3c(C(N)=O)cc(N4CCOCC4)nn23)cccc1C(F)(F)F. The Hall–Kier alpha value is -3.16. The van der Waals surface area contributed by atoms with Crippen LogP contribution in [0.1, 0.15) is 48.0 Å². The molecule has 1 aliphatic rings. The van der Waals surface area contributed by atoms with Gasteiger partial charge in [0.15, 0.2) is 25.6 Å². The van der Waals surface area contributed by atoms with Gasteiger partial charge < -0.3 is 25.1 Å². The van der Waals surface area contributed by atoms with Crippen LogP contribution in [0.15, 0.2) is 24.3 Å². The summed E-state index contributed by atoms with van der Waals surface area (Å²) in [7, 11) is -2.23. The number of nitrogens with zero attached hydrogens (tertiary/aromatic N) is 4. The van der Waals surface area contributed by atoms with Crippen LogP contribution in [0.4, 0.5) is 30.5 Å². The molecule has 0 radical (unpaired) electrons. The first-order valence-corrected chi connectivity index (χ1v) is 15.6. The fraction of sp³-hybridized carbons (Fsp3) is 0.500. The molecule has 1 fully saturated rings. The Labute approximate surface area is 226 Å². The number of morpholine rings is 1. The summed E-state index contributed by atoms with van der Waals surface area (Å²) in [6.45, 7) is 14.1. The van der Waals surface area contributed by atoms with Crippen LogP contribution < -0.4 is 16.0 Å². The molecule has 0 aliphatic carbocycles. The van der Waals surface area contributed by atoms with Crippen molar-refractivity contribution in [1.82, 2.24) is 14.6 Å². The summed E-state index contributed by atoms with van der Waals surface area (Å²) in [4.78, 5) is 19.1. The van der Waals surface area contributed by atoms with Gasteiger partial charge in [-0.3, -0.25) is 4.79 Å². The minimum atomic E-state index is -4.52. The number of alkyl halides is 3. The molecule has 1 amide bonds. The number of nitrogens with two attached hydrogens (primary N) is 1. The topological polar surface area (TPSA) is 107 Å². The maximum absolute atomic E-state index is 13.7. The average Bonchev–Trinajstić information content (AvgIpc) is 3.19. The summed E-state index contributed by atoms with van der Waals surface area (Å²) in [6, 6.07) is 5.53. The van der Waals surface area contributed by atoms with Crippen molar-refractivity contribution in [3.63, 3.8) is 0 Å². The number of carbonyl (C=O) groups is 1. The lowest BCUT2D eigenvalue weighted by Crippen LogP contribution is -2.40. The number of benzene rings is 1. The quantitative estimate of drug-likeness (QED) is 0.377. The normalized spacial score (nSPS) is 15.2. The largest absolute Gasteiger partial charge is 0.416 e. The summed E-state index contributed by atoms with van der Waals surface area (Å²) in [5.74, 6) is 0.0991. The van der Waals surface area contributed by atoms with Gasteiger partial charge in [0.2, 0.25) is 0 Å². The van der Waals surface area contributed by atoms with Crippen molar-refractivity contribution in [1.29, 1.82) is 0 Å². The number of primary amides is 1. The van der Waals surface area contributed by atoms with Crippen molar-refractivity contribution in [2.24, 2.45) is 5.73 Å². The van der Waals surface area contributed by atoms with E-state index in [9.17, 15) is 18.0 Å². The van der Waals surface area contributed by atoms with E-state index >= 15 is 0 Å². The molecule has 212 valence electrons. The Balaban J connectivity index is 1.89. The molecule has 0 saturated carbocycles. The smallest absolute Gasteiger partial charge is 0.411 e. The van der Waals surface area contributed by atoms with Crippen LogP contribution in [0.2, 0.25) is 18.1 Å². The highest BCUT2D eigenvalue weighted by molar-refractivity contribution is 6.74. The minimum absolute atomic E-state index is 0.0238. The highest BCUT2D eigenvalue weighted by Crippen LogP contribution is 2.39. The molecule has 0 unspecified atom stereocenters. The molecule has 4 rings (SSSR count). The molecule has 1 aliphatic heterocycles. The van der Waals surface area contributed by atoms with Crippen LogP contribution in [0.25, 0.3) is 5.65 Å². The summed E-state index contributed by atoms with van der Waals surface area (Å²) in [5, 5.41) is 7.78. The lowest BCUT2D eigenvalue weighted by Gasteiger charge is -2.36. The molecule has 3 heterocycles. The molecule has 13 heteroatoms. The van der Waals surface area contributed by atoms with Gasteiger partial charge >= 0.3 is 6.18 Å².